The first-order chi connectivity index (χ1) is 10.3. The number of rotatable bonds is 6. The molecule has 0 amide bonds. The van der Waals surface area contributed by atoms with E-state index in [1.54, 1.807) is 11.3 Å². The van der Waals surface area contributed by atoms with Crippen LogP contribution in [0.3, 0.4) is 0 Å². The van der Waals surface area contributed by atoms with Gasteiger partial charge in [0, 0.05) is 42.5 Å². The van der Waals surface area contributed by atoms with E-state index in [1.165, 1.54) is 4.88 Å². The fraction of sp³-hybridized carbons (Fsp3) is 0.400. The van der Waals surface area contributed by atoms with E-state index in [-0.39, 0.29) is 24.0 Å². The van der Waals surface area contributed by atoms with Crippen LogP contribution in [-0.2, 0) is 13.0 Å². The second-order valence-electron chi connectivity index (χ2n) is 4.54. The normalized spacial score (nSPS) is 10.9. The number of aliphatic imine (C=N–C) groups is 1. The van der Waals surface area contributed by atoms with Crippen molar-refractivity contribution in [2.45, 2.75) is 26.8 Å². The van der Waals surface area contributed by atoms with E-state index in [9.17, 15) is 0 Å². The van der Waals surface area contributed by atoms with Gasteiger partial charge in [0.15, 0.2) is 5.96 Å². The molecule has 2 heterocycles. The van der Waals surface area contributed by atoms with Crippen LogP contribution in [0.2, 0.25) is 0 Å². The molecule has 22 heavy (non-hydrogen) atoms. The second-order valence-corrected chi connectivity index (χ2v) is 5.86. The molecule has 0 aliphatic carbocycles. The minimum atomic E-state index is 0. The average molecular weight is 431 g/mol. The van der Waals surface area contributed by atoms with Crippen molar-refractivity contribution in [1.29, 1.82) is 0 Å². The summed E-state index contributed by atoms with van der Waals surface area (Å²) in [7, 11) is 0. The number of hydrogen-bond donors (Lipinski definition) is 2. The van der Waals surface area contributed by atoms with Crippen LogP contribution in [0.25, 0.3) is 0 Å². The summed E-state index contributed by atoms with van der Waals surface area (Å²) in [5.41, 5.74) is 1.08. The molecule has 0 radical (unpaired) electrons. The number of hydrogen-bond acceptors (Lipinski definition) is 4. The predicted molar refractivity (Wildman–Crippen MR) is 103 cm³/mol. The Morgan fingerprint density at radius 2 is 2.14 bits per heavy atom. The van der Waals surface area contributed by atoms with Crippen LogP contribution in [0.5, 0.6) is 0 Å². The van der Waals surface area contributed by atoms with Crippen molar-refractivity contribution in [2.24, 2.45) is 4.99 Å². The van der Waals surface area contributed by atoms with Gasteiger partial charge in [0.05, 0.1) is 11.6 Å². The van der Waals surface area contributed by atoms with Crippen LogP contribution in [0.4, 0.5) is 0 Å². The molecule has 7 heteroatoms. The van der Waals surface area contributed by atoms with Gasteiger partial charge in [-0.05, 0) is 26.0 Å². The van der Waals surface area contributed by atoms with Crippen LogP contribution < -0.4 is 10.6 Å². The number of guanidine groups is 1. The van der Waals surface area contributed by atoms with Gasteiger partial charge in [-0.15, -0.1) is 35.3 Å². The van der Waals surface area contributed by atoms with Gasteiger partial charge in [0.25, 0.3) is 0 Å². The first-order valence-corrected chi connectivity index (χ1v) is 7.93. The molecule has 2 aromatic rings. The van der Waals surface area contributed by atoms with E-state index in [1.807, 2.05) is 37.5 Å². The summed E-state index contributed by atoms with van der Waals surface area (Å²) < 4.78 is 0. The molecule has 120 valence electrons. The standard InChI is InChI=1S/C15H21N5S.HI/c1-3-16-15(20-11-14-10-19-12(2)21-14)18-9-7-13-6-4-5-8-17-13;/h4-6,8,10H,3,7,9,11H2,1-2H3,(H2,16,18,20);1H. The molecule has 0 atom stereocenters. The van der Waals surface area contributed by atoms with Gasteiger partial charge in [-0.3, -0.25) is 4.98 Å². The molecule has 0 aliphatic heterocycles. The van der Waals surface area contributed by atoms with Gasteiger partial charge in [-0.1, -0.05) is 6.07 Å². The van der Waals surface area contributed by atoms with E-state index in [0.717, 1.165) is 36.2 Å². The Hall–Kier alpha value is -1.22. The van der Waals surface area contributed by atoms with Crippen molar-refractivity contribution in [2.75, 3.05) is 13.1 Å². The van der Waals surface area contributed by atoms with Crippen LogP contribution >= 0.6 is 35.3 Å². The maximum absolute atomic E-state index is 4.57. The quantitative estimate of drug-likeness (QED) is 0.420. The summed E-state index contributed by atoms with van der Waals surface area (Å²) in [5.74, 6) is 0.833. The number of aromatic nitrogens is 2. The summed E-state index contributed by atoms with van der Waals surface area (Å²) in [4.78, 5) is 14.3. The SMILES string of the molecule is CCNC(=NCc1cnc(C)s1)NCCc1ccccn1.I. The van der Waals surface area contributed by atoms with E-state index in [0.29, 0.717) is 6.54 Å². The predicted octanol–water partition coefficient (Wildman–Crippen LogP) is 2.76. The molecule has 2 aromatic heterocycles. The van der Waals surface area contributed by atoms with Crippen molar-refractivity contribution in [3.8, 4) is 0 Å². The molecular formula is C15H22IN5S. The molecule has 5 nitrogen and oxygen atoms in total. The van der Waals surface area contributed by atoms with Crippen molar-refractivity contribution < 1.29 is 0 Å². The topological polar surface area (TPSA) is 62.2 Å². The van der Waals surface area contributed by atoms with Gasteiger partial charge in [-0.2, -0.15) is 0 Å². The molecule has 0 bridgehead atoms. The first-order valence-electron chi connectivity index (χ1n) is 7.11. The molecule has 2 rings (SSSR count). The molecule has 0 saturated carbocycles. The third-order valence-corrected chi connectivity index (χ3v) is 3.70. The number of thiazole rings is 1. The lowest BCUT2D eigenvalue weighted by molar-refractivity contribution is 0.789. The highest BCUT2D eigenvalue weighted by molar-refractivity contribution is 14.0. The minimum absolute atomic E-state index is 0. The zero-order chi connectivity index (χ0) is 14.9. The fourth-order valence-electron chi connectivity index (χ4n) is 1.83. The van der Waals surface area contributed by atoms with E-state index in [4.69, 9.17) is 0 Å². The number of halogens is 1. The number of aryl methyl sites for hydroxylation is 1. The van der Waals surface area contributed by atoms with E-state index < -0.39 is 0 Å². The third-order valence-electron chi connectivity index (χ3n) is 2.81. The number of nitrogens with one attached hydrogen (secondary N) is 2. The lowest BCUT2D eigenvalue weighted by Crippen LogP contribution is -2.38. The summed E-state index contributed by atoms with van der Waals surface area (Å²) in [6.07, 6.45) is 4.59. The Balaban J connectivity index is 0.00000242. The average Bonchev–Trinajstić information content (AvgIpc) is 2.91. The molecule has 0 fully saturated rings. The molecule has 2 N–H and O–H groups in total. The van der Waals surface area contributed by atoms with E-state index in [2.05, 4.69) is 32.5 Å². The fourth-order valence-corrected chi connectivity index (χ4v) is 2.55. The highest BCUT2D eigenvalue weighted by Gasteiger charge is 2.00. The van der Waals surface area contributed by atoms with E-state index >= 15 is 0 Å². The van der Waals surface area contributed by atoms with Crippen molar-refractivity contribution >= 4 is 41.3 Å². The van der Waals surface area contributed by atoms with Gasteiger partial charge in [0.1, 0.15) is 0 Å². The molecule has 0 unspecified atom stereocenters. The maximum atomic E-state index is 4.57. The molecule has 0 aliphatic rings. The van der Waals surface area contributed by atoms with Crippen molar-refractivity contribution in [1.82, 2.24) is 20.6 Å². The van der Waals surface area contributed by atoms with Crippen LogP contribution in [0.1, 0.15) is 22.5 Å². The number of nitrogens with zero attached hydrogens (tertiary/aromatic N) is 3. The van der Waals surface area contributed by atoms with Crippen molar-refractivity contribution in [3.05, 3.63) is 46.2 Å². The molecule has 0 saturated heterocycles. The lowest BCUT2D eigenvalue weighted by atomic mass is 10.3. The molecular weight excluding hydrogens is 409 g/mol. The largest absolute Gasteiger partial charge is 0.357 e. The second kappa shape index (κ2) is 10.5. The smallest absolute Gasteiger partial charge is 0.191 e. The zero-order valence-corrected chi connectivity index (χ0v) is 16.0. The minimum Gasteiger partial charge on any atom is -0.357 e. The lowest BCUT2D eigenvalue weighted by Gasteiger charge is -2.10. The number of pyridine rings is 1. The Morgan fingerprint density at radius 1 is 1.27 bits per heavy atom. The van der Waals surface area contributed by atoms with Crippen LogP contribution in [0.15, 0.2) is 35.6 Å². The van der Waals surface area contributed by atoms with Crippen LogP contribution in [0, 0.1) is 6.92 Å². The third kappa shape index (κ3) is 6.69. The van der Waals surface area contributed by atoms with Gasteiger partial charge in [0.2, 0.25) is 0 Å². The summed E-state index contributed by atoms with van der Waals surface area (Å²) >= 11 is 1.68. The summed E-state index contributed by atoms with van der Waals surface area (Å²) in [6, 6.07) is 5.97. The Bertz CT molecular complexity index is 570. The highest BCUT2D eigenvalue weighted by Crippen LogP contribution is 2.12. The highest BCUT2D eigenvalue weighted by atomic mass is 127. The first kappa shape index (κ1) is 18.8. The van der Waals surface area contributed by atoms with Crippen molar-refractivity contribution in [3.63, 3.8) is 0 Å². The van der Waals surface area contributed by atoms with Gasteiger partial charge < -0.3 is 10.6 Å². The van der Waals surface area contributed by atoms with Crippen LogP contribution in [-0.4, -0.2) is 29.0 Å². The summed E-state index contributed by atoms with van der Waals surface area (Å²) in [6.45, 7) is 6.38. The Morgan fingerprint density at radius 3 is 2.77 bits per heavy atom. The summed E-state index contributed by atoms with van der Waals surface area (Å²) in [5, 5.41) is 7.66. The molecule has 0 spiro atoms. The van der Waals surface area contributed by atoms with Gasteiger partial charge in [-0.25, -0.2) is 9.98 Å². The Labute approximate surface area is 152 Å². The molecule has 0 aromatic carbocycles. The van der Waals surface area contributed by atoms with Gasteiger partial charge >= 0.3 is 0 Å². The maximum Gasteiger partial charge on any atom is 0.191 e. The Kier molecular flexibility index (Phi) is 8.98. The zero-order valence-electron chi connectivity index (χ0n) is 12.9. The monoisotopic (exact) mass is 431 g/mol.